The van der Waals surface area contributed by atoms with E-state index < -0.39 is 13.4 Å². The van der Waals surface area contributed by atoms with Gasteiger partial charge in [0.15, 0.2) is 0 Å². The Hall–Kier alpha value is 0.0338. The van der Waals surface area contributed by atoms with E-state index in [9.17, 15) is 0 Å². The van der Waals surface area contributed by atoms with Crippen molar-refractivity contribution >= 4 is 62.9 Å². The van der Waals surface area contributed by atoms with Crippen molar-refractivity contribution in [2.75, 3.05) is 0 Å². The molecule has 0 heterocycles. The van der Waals surface area contributed by atoms with Crippen molar-refractivity contribution in [3.05, 3.63) is 64.7 Å². The Bertz CT molecular complexity index is 752. The van der Waals surface area contributed by atoms with Crippen LogP contribution >= 0.6 is 44.3 Å². The summed E-state index contributed by atoms with van der Waals surface area (Å²) in [5, 5.41) is 1.12. The van der Waals surface area contributed by atoms with E-state index in [-0.39, 0.29) is 0 Å². The molecule has 6 heteroatoms. The first kappa shape index (κ1) is 23.3. The van der Waals surface area contributed by atoms with E-state index in [0.29, 0.717) is 5.92 Å². The molecule has 0 amide bonds. The number of hydrogen-bond acceptors (Lipinski definition) is 0. The molecule has 0 aliphatic heterocycles. The molecule has 1 unspecified atom stereocenters. The van der Waals surface area contributed by atoms with Crippen molar-refractivity contribution in [1.82, 2.24) is 0 Å². The number of halogens is 4. The smallest absolute Gasteiger partial charge is 0.146 e. The van der Waals surface area contributed by atoms with Crippen molar-refractivity contribution in [2.45, 2.75) is 58.2 Å². The number of rotatable bonds is 8. The SMILES string of the molecule is CCc1c(CC[Si](Cl)(Cl)CC(C)c2ccc(C)cc2)cccc1[Si](C)(Cl)Cl. The molecular formula is C21H28Cl4Si2. The van der Waals surface area contributed by atoms with Crippen molar-refractivity contribution in [2.24, 2.45) is 0 Å². The molecule has 0 aliphatic carbocycles. The van der Waals surface area contributed by atoms with Gasteiger partial charge in [0, 0.05) is 0 Å². The second-order valence-electron chi connectivity index (χ2n) is 7.56. The lowest BCUT2D eigenvalue weighted by molar-refractivity contribution is 0.847. The van der Waals surface area contributed by atoms with Crippen LogP contribution < -0.4 is 5.19 Å². The average Bonchev–Trinajstić information content (AvgIpc) is 2.59. The normalized spacial score (nSPS) is 13.6. The Balaban J connectivity index is 2.09. The van der Waals surface area contributed by atoms with Gasteiger partial charge >= 0.3 is 0 Å². The van der Waals surface area contributed by atoms with Crippen LogP contribution in [0.4, 0.5) is 0 Å². The maximum atomic E-state index is 6.85. The van der Waals surface area contributed by atoms with Gasteiger partial charge in [0.05, 0.1) is 0 Å². The minimum absolute atomic E-state index is 0.366. The third kappa shape index (κ3) is 6.80. The van der Waals surface area contributed by atoms with Gasteiger partial charge in [-0.05, 0) is 66.2 Å². The minimum atomic E-state index is -2.39. The lowest BCUT2D eigenvalue weighted by atomic mass is 10.0. The third-order valence-electron chi connectivity index (χ3n) is 5.11. The summed E-state index contributed by atoms with van der Waals surface area (Å²) >= 11 is 26.7. The van der Waals surface area contributed by atoms with E-state index in [1.54, 1.807) is 0 Å². The van der Waals surface area contributed by atoms with Crippen molar-refractivity contribution in [3.8, 4) is 0 Å². The maximum absolute atomic E-state index is 6.85. The molecule has 0 radical (unpaired) electrons. The summed E-state index contributed by atoms with van der Waals surface area (Å²) in [5.74, 6) is 0.366. The predicted molar refractivity (Wildman–Crippen MR) is 129 cm³/mol. The van der Waals surface area contributed by atoms with E-state index in [0.717, 1.165) is 30.1 Å². The highest BCUT2D eigenvalue weighted by atomic mass is 35.7. The van der Waals surface area contributed by atoms with E-state index in [1.165, 1.54) is 22.3 Å². The van der Waals surface area contributed by atoms with E-state index >= 15 is 0 Å². The molecule has 0 N–H and O–H groups in total. The minimum Gasteiger partial charge on any atom is -0.146 e. The summed E-state index contributed by atoms with van der Waals surface area (Å²) in [6, 6.07) is 16.7. The van der Waals surface area contributed by atoms with Crippen LogP contribution in [0.3, 0.4) is 0 Å². The standard InChI is InChI=1S/C21H28Cl4Si2/c1-5-20-19(7-6-8-21(20)26(4,22)23)13-14-27(24,25)15-17(3)18-11-9-16(2)10-12-18/h6-12,17H,5,13-15H2,1-4H3. The predicted octanol–water partition coefficient (Wildman–Crippen LogP) is 7.58. The molecule has 0 nitrogen and oxygen atoms in total. The van der Waals surface area contributed by atoms with Crippen LogP contribution in [0.15, 0.2) is 42.5 Å². The van der Waals surface area contributed by atoms with Gasteiger partial charge in [0.2, 0.25) is 0 Å². The molecule has 0 fully saturated rings. The molecule has 2 aromatic rings. The molecule has 27 heavy (non-hydrogen) atoms. The summed E-state index contributed by atoms with van der Waals surface area (Å²) in [6.45, 7) is 3.69. The zero-order valence-electron chi connectivity index (χ0n) is 16.5. The molecule has 0 saturated carbocycles. The molecule has 2 aromatic carbocycles. The second-order valence-corrected chi connectivity index (χ2v) is 22.5. The fraction of sp³-hybridized carbons (Fsp3) is 0.429. The van der Waals surface area contributed by atoms with E-state index in [1.807, 2.05) is 6.55 Å². The van der Waals surface area contributed by atoms with Crippen LogP contribution in [0, 0.1) is 6.92 Å². The monoisotopic (exact) mass is 476 g/mol. The lowest BCUT2D eigenvalue weighted by Gasteiger charge is -2.23. The molecule has 0 bridgehead atoms. The summed E-state index contributed by atoms with van der Waals surface area (Å²) in [7, 11) is 0. The van der Waals surface area contributed by atoms with Crippen molar-refractivity contribution in [3.63, 3.8) is 0 Å². The van der Waals surface area contributed by atoms with Crippen LogP contribution in [-0.2, 0) is 12.8 Å². The summed E-state index contributed by atoms with van der Waals surface area (Å²) < 4.78 is 0. The van der Waals surface area contributed by atoms with Gasteiger partial charge in [-0.1, -0.05) is 61.9 Å². The second kappa shape index (κ2) is 9.69. The molecule has 2 rings (SSSR count). The van der Waals surface area contributed by atoms with Gasteiger partial charge in [-0.25, -0.2) is 0 Å². The summed E-state index contributed by atoms with van der Waals surface area (Å²) in [4.78, 5) is 0. The summed E-state index contributed by atoms with van der Waals surface area (Å²) in [6.07, 6.45) is 1.81. The fourth-order valence-corrected chi connectivity index (χ4v) is 9.82. The van der Waals surface area contributed by atoms with E-state index in [4.69, 9.17) is 44.3 Å². The Kier molecular flexibility index (Phi) is 8.37. The molecule has 1 atom stereocenters. The van der Waals surface area contributed by atoms with Crippen molar-refractivity contribution in [1.29, 1.82) is 0 Å². The van der Waals surface area contributed by atoms with Crippen LogP contribution in [0.2, 0.25) is 18.6 Å². The Morgan fingerprint density at radius 2 is 1.59 bits per heavy atom. The zero-order chi connectivity index (χ0) is 20.2. The molecule has 0 saturated heterocycles. The first-order chi connectivity index (χ1) is 12.5. The first-order valence-corrected chi connectivity index (χ1v) is 18.4. The van der Waals surface area contributed by atoms with Crippen molar-refractivity contribution < 1.29 is 0 Å². The van der Waals surface area contributed by atoms with Crippen LogP contribution in [0.5, 0.6) is 0 Å². The zero-order valence-corrected chi connectivity index (χ0v) is 21.5. The van der Waals surface area contributed by atoms with Gasteiger partial charge in [0.25, 0.3) is 13.4 Å². The van der Waals surface area contributed by atoms with Gasteiger partial charge in [0.1, 0.15) is 0 Å². The molecule has 0 aromatic heterocycles. The topological polar surface area (TPSA) is 0 Å². The van der Waals surface area contributed by atoms with Gasteiger partial charge < -0.3 is 0 Å². The Morgan fingerprint density at radius 1 is 0.963 bits per heavy atom. The van der Waals surface area contributed by atoms with Gasteiger partial charge in [-0.3, -0.25) is 0 Å². The quantitative estimate of drug-likeness (QED) is 0.271. The lowest BCUT2D eigenvalue weighted by Crippen LogP contribution is -2.36. The largest absolute Gasteiger partial charge is 0.278 e. The van der Waals surface area contributed by atoms with Gasteiger partial charge in [-0.2, -0.15) is 0 Å². The molecule has 0 aliphatic rings. The molecular weight excluding hydrogens is 450 g/mol. The Labute approximate surface area is 185 Å². The molecule has 148 valence electrons. The number of benzene rings is 2. The number of aryl methyl sites for hydroxylation is 2. The van der Waals surface area contributed by atoms with Crippen LogP contribution in [0.25, 0.3) is 0 Å². The van der Waals surface area contributed by atoms with E-state index in [2.05, 4.69) is 63.2 Å². The van der Waals surface area contributed by atoms with Crippen LogP contribution in [0.1, 0.15) is 42.0 Å². The average molecular weight is 478 g/mol. The first-order valence-electron chi connectivity index (χ1n) is 9.47. The third-order valence-corrected chi connectivity index (χ3v) is 12.0. The van der Waals surface area contributed by atoms with Crippen LogP contribution in [-0.4, -0.2) is 13.4 Å². The number of hydrogen-bond donors (Lipinski definition) is 0. The fourth-order valence-electron chi connectivity index (χ4n) is 3.58. The van der Waals surface area contributed by atoms with Gasteiger partial charge in [-0.15, -0.1) is 44.3 Å². The highest BCUT2D eigenvalue weighted by molar-refractivity contribution is 7.50. The highest BCUT2D eigenvalue weighted by Crippen LogP contribution is 2.35. The summed E-state index contributed by atoms with van der Waals surface area (Å²) in [5.41, 5.74) is 5.14. The highest BCUT2D eigenvalue weighted by Gasteiger charge is 2.32. The Morgan fingerprint density at radius 3 is 2.15 bits per heavy atom. The maximum Gasteiger partial charge on any atom is 0.278 e. The molecule has 0 spiro atoms.